The van der Waals surface area contributed by atoms with Crippen LogP contribution in [0.1, 0.15) is 11.1 Å². The Morgan fingerprint density at radius 3 is 2.50 bits per heavy atom. The molecule has 0 saturated carbocycles. The first kappa shape index (κ1) is 12.2. The first-order valence-electron chi connectivity index (χ1n) is 4.07. The highest BCUT2D eigenvalue weighted by Crippen LogP contribution is 2.26. The third-order valence-corrected chi connectivity index (χ3v) is 2.39. The molecule has 0 N–H and O–H groups in total. The second-order valence-electron chi connectivity index (χ2n) is 2.67. The monoisotopic (exact) mass is 240 g/mol. The molecule has 1 rings (SSSR count). The number of hydrogen-bond donors (Lipinski definition) is 0. The second-order valence-corrected chi connectivity index (χ2v) is 3.56. The molecule has 82 valence electrons. The molecule has 0 aliphatic rings. The Bertz CT molecular complexity index is 476. The minimum absolute atomic E-state index is 0.0600. The molecule has 4 nitrogen and oxygen atoms in total. The van der Waals surface area contributed by atoms with Gasteiger partial charge in [-0.1, -0.05) is 16.2 Å². The average Bonchev–Trinajstić information content (AvgIpc) is 2.28. The van der Waals surface area contributed by atoms with Gasteiger partial charge in [-0.15, -0.1) is 0 Å². The summed E-state index contributed by atoms with van der Waals surface area (Å²) in [4.78, 5) is 3.73. The molecule has 0 fully saturated rings. The maximum atomic E-state index is 13.0. The Kier molecular flexibility index (Phi) is 4.03. The molecule has 0 radical (unpaired) electrons. The number of halogens is 2. The van der Waals surface area contributed by atoms with Crippen LogP contribution in [0.4, 0.5) is 14.7 Å². The van der Waals surface area contributed by atoms with Crippen molar-refractivity contribution >= 4 is 17.6 Å². The molecule has 1 heterocycles. The molecular formula is C9H6F2N4S. The summed E-state index contributed by atoms with van der Waals surface area (Å²) in [6, 6.07) is 3.92. The van der Waals surface area contributed by atoms with E-state index in [1.54, 1.807) is 12.1 Å². The van der Waals surface area contributed by atoms with Crippen LogP contribution >= 0.6 is 11.8 Å². The van der Waals surface area contributed by atoms with E-state index in [-0.39, 0.29) is 27.1 Å². The fraction of sp³-hybridized carbons (Fsp3) is 0.222. The molecule has 0 atom stereocenters. The Labute approximate surface area is 95.0 Å². The molecule has 0 unspecified atom stereocenters. The van der Waals surface area contributed by atoms with Crippen molar-refractivity contribution < 1.29 is 8.87 Å². The molecule has 0 spiro atoms. The minimum atomic E-state index is -0.775. The van der Waals surface area contributed by atoms with E-state index < -0.39 is 6.01 Å². The van der Waals surface area contributed by atoms with Gasteiger partial charge in [0.2, 0.25) is 0 Å². The van der Waals surface area contributed by atoms with E-state index in [1.165, 1.54) is 6.07 Å². The van der Waals surface area contributed by atoms with Crippen molar-refractivity contribution in [1.82, 2.24) is 4.98 Å². The van der Waals surface area contributed by atoms with Gasteiger partial charge in [0.1, 0.15) is 23.2 Å². The fourth-order valence-corrected chi connectivity index (χ4v) is 1.56. The van der Waals surface area contributed by atoms with Crippen molar-refractivity contribution in [3.63, 3.8) is 0 Å². The lowest BCUT2D eigenvalue weighted by Gasteiger charge is -2.10. The van der Waals surface area contributed by atoms with Crippen LogP contribution < -0.4 is 5.12 Å². The van der Waals surface area contributed by atoms with Gasteiger partial charge in [-0.3, -0.25) is 0 Å². The summed E-state index contributed by atoms with van der Waals surface area (Å²) in [5, 5.41) is 17.7. The van der Waals surface area contributed by atoms with Crippen LogP contribution in [-0.2, 0) is 0 Å². The van der Waals surface area contributed by atoms with Crippen molar-refractivity contribution in [2.24, 2.45) is 0 Å². The van der Waals surface area contributed by atoms with Gasteiger partial charge in [0, 0.05) is 7.05 Å². The quantitative estimate of drug-likeness (QED) is 0.598. The first-order chi connectivity index (χ1) is 7.63. The van der Waals surface area contributed by atoms with E-state index in [0.29, 0.717) is 11.8 Å². The first-order valence-corrected chi connectivity index (χ1v) is 5.06. The highest BCUT2D eigenvalue weighted by molar-refractivity contribution is 7.99. The van der Waals surface area contributed by atoms with Gasteiger partial charge >= 0.3 is 0 Å². The van der Waals surface area contributed by atoms with E-state index in [0.717, 1.165) is 7.05 Å². The van der Waals surface area contributed by atoms with E-state index >= 15 is 0 Å². The Hall–Kier alpha value is -1.86. The largest absolute Gasteiger partial charge is 0.239 e. The number of alkyl halides is 1. The molecule has 1 aromatic heterocycles. The molecular weight excluding hydrogens is 234 g/mol. The van der Waals surface area contributed by atoms with Crippen molar-refractivity contribution in [2.75, 3.05) is 18.2 Å². The predicted octanol–water partition coefficient (Wildman–Crippen LogP) is 2.16. The van der Waals surface area contributed by atoms with Crippen LogP contribution in [0.15, 0.2) is 11.1 Å². The van der Waals surface area contributed by atoms with Crippen LogP contribution in [0, 0.1) is 22.7 Å². The third-order valence-electron chi connectivity index (χ3n) is 1.69. The number of hydrogen-bond acceptors (Lipinski definition) is 5. The van der Waals surface area contributed by atoms with Crippen LogP contribution in [-0.4, -0.2) is 18.0 Å². The number of nitrogens with zero attached hydrogens (tertiary/aromatic N) is 4. The van der Waals surface area contributed by atoms with Crippen molar-refractivity contribution in [3.05, 3.63) is 17.2 Å². The number of anilines is 1. The van der Waals surface area contributed by atoms with E-state index in [1.807, 2.05) is 0 Å². The number of rotatable bonds is 3. The third kappa shape index (κ3) is 2.38. The van der Waals surface area contributed by atoms with Crippen LogP contribution in [0.2, 0.25) is 0 Å². The zero-order valence-electron chi connectivity index (χ0n) is 8.24. The molecule has 0 aliphatic carbocycles. The van der Waals surface area contributed by atoms with Crippen molar-refractivity contribution in [1.29, 1.82) is 10.5 Å². The summed E-state index contributed by atoms with van der Waals surface area (Å²) in [5.41, 5.74) is -0.00504. The van der Waals surface area contributed by atoms with Gasteiger partial charge in [0.05, 0.1) is 11.1 Å². The number of thioether (sulfide) groups is 1. The van der Waals surface area contributed by atoms with E-state index in [9.17, 15) is 8.87 Å². The lowest BCUT2D eigenvalue weighted by molar-refractivity contribution is 0.468. The number of pyridine rings is 1. The topological polar surface area (TPSA) is 63.7 Å². The Balaban J connectivity index is 3.37. The van der Waals surface area contributed by atoms with Gasteiger partial charge in [0.25, 0.3) is 0 Å². The minimum Gasteiger partial charge on any atom is -0.239 e. The molecule has 0 aliphatic heterocycles. The molecule has 0 saturated heterocycles. The van der Waals surface area contributed by atoms with Gasteiger partial charge in [-0.05, 0) is 6.07 Å². The summed E-state index contributed by atoms with van der Waals surface area (Å²) < 4.78 is 25.1. The van der Waals surface area contributed by atoms with Crippen LogP contribution in [0.5, 0.6) is 0 Å². The normalized spacial score (nSPS) is 9.31. The summed E-state index contributed by atoms with van der Waals surface area (Å²) in [5.74, 6) is -0.225. The van der Waals surface area contributed by atoms with E-state index in [2.05, 4.69) is 4.98 Å². The lowest BCUT2D eigenvalue weighted by Crippen LogP contribution is -2.08. The predicted molar refractivity (Wildman–Crippen MR) is 55.0 cm³/mol. The second kappa shape index (κ2) is 5.29. The molecule has 7 heteroatoms. The molecule has 0 aromatic carbocycles. The zero-order chi connectivity index (χ0) is 12.1. The maximum absolute atomic E-state index is 13.0. The Morgan fingerprint density at radius 2 is 2.06 bits per heavy atom. The van der Waals surface area contributed by atoms with Crippen molar-refractivity contribution in [2.45, 2.75) is 5.03 Å². The Morgan fingerprint density at radius 1 is 1.44 bits per heavy atom. The SMILES string of the molecule is CN(F)c1nc(SCF)c(C#N)cc1C#N. The molecule has 16 heavy (non-hydrogen) atoms. The standard InChI is InChI=1S/C9H6F2N4S/c1-15(11)8-6(3-12)2-7(4-13)9(14-8)16-5-10/h2H,5H2,1H3. The summed E-state index contributed by atoms with van der Waals surface area (Å²) in [7, 11) is 1.07. The molecule has 0 amide bonds. The summed E-state index contributed by atoms with van der Waals surface area (Å²) in [6.07, 6.45) is 0. The van der Waals surface area contributed by atoms with Gasteiger partial charge in [0.15, 0.2) is 5.82 Å². The summed E-state index contributed by atoms with van der Waals surface area (Å²) >= 11 is 0.674. The van der Waals surface area contributed by atoms with Crippen molar-refractivity contribution in [3.8, 4) is 12.1 Å². The van der Waals surface area contributed by atoms with Gasteiger partial charge < -0.3 is 0 Å². The lowest BCUT2D eigenvalue weighted by atomic mass is 10.2. The van der Waals surface area contributed by atoms with Gasteiger partial charge in [-0.2, -0.15) is 15.6 Å². The van der Waals surface area contributed by atoms with Crippen LogP contribution in [0.3, 0.4) is 0 Å². The number of nitriles is 2. The smallest absolute Gasteiger partial charge is 0.176 e. The maximum Gasteiger partial charge on any atom is 0.176 e. The molecule has 1 aromatic rings. The van der Waals surface area contributed by atoms with Gasteiger partial charge in [-0.25, -0.2) is 9.37 Å². The zero-order valence-corrected chi connectivity index (χ0v) is 9.05. The van der Waals surface area contributed by atoms with E-state index in [4.69, 9.17) is 10.5 Å². The fourth-order valence-electron chi connectivity index (χ4n) is 1.05. The highest BCUT2D eigenvalue weighted by atomic mass is 32.2. The number of aromatic nitrogens is 1. The van der Waals surface area contributed by atoms with Crippen LogP contribution in [0.25, 0.3) is 0 Å². The summed E-state index contributed by atoms with van der Waals surface area (Å²) in [6.45, 7) is 0. The molecule has 0 bridgehead atoms. The average molecular weight is 240 g/mol. The highest BCUT2D eigenvalue weighted by Gasteiger charge is 2.15.